The highest BCUT2D eigenvalue weighted by atomic mass is 15.3. The van der Waals surface area contributed by atoms with Gasteiger partial charge in [0.05, 0.1) is 0 Å². The maximum absolute atomic E-state index is 5.60. The van der Waals surface area contributed by atoms with E-state index in [9.17, 15) is 0 Å². The molecule has 0 atom stereocenters. The topological polar surface area (TPSA) is 75.9 Å². The third-order valence-corrected chi connectivity index (χ3v) is 4.38. The lowest BCUT2D eigenvalue weighted by atomic mass is 10.1. The minimum atomic E-state index is 0.295. The third-order valence-electron chi connectivity index (χ3n) is 4.38. The van der Waals surface area contributed by atoms with Gasteiger partial charge < -0.3 is 10.7 Å². The molecule has 0 aliphatic heterocycles. The number of nitrogens with zero attached hydrogens (tertiary/aromatic N) is 2. The minimum absolute atomic E-state index is 0.295. The highest BCUT2D eigenvalue weighted by Crippen LogP contribution is 2.46. The van der Waals surface area contributed by atoms with Crippen LogP contribution in [0.4, 0.5) is 11.6 Å². The number of aromatic nitrogens is 2. The Kier molecular flexibility index (Phi) is 3.54. The summed E-state index contributed by atoms with van der Waals surface area (Å²) in [5.41, 5.74) is 3.72. The summed E-state index contributed by atoms with van der Waals surface area (Å²) < 4.78 is 0. The molecule has 0 radical (unpaired) electrons. The number of nitrogens with one attached hydrogen (secondary N) is 2. The summed E-state index contributed by atoms with van der Waals surface area (Å²) in [6, 6.07) is 0.592. The Balaban J connectivity index is 1.88. The molecule has 20 heavy (non-hydrogen) atoms. The van der Waals surface area contributed by atoms with Crippen molar-refractivity contribution in [2.45, 2.75) is 58.4 Å². The number of hydrazine groups is 1. The monoisotopic (exact) mass is 275 g/mol. The average molecular weight is 275 g/mol. The SMILES string of the molecule is Cc1c(NN)nc(C(C)C)nc1NC(C1CC1)C1CC1. The van der Waals surface area contributed by atoms with Crippen LogP contribution in [0.5, 0.6) is 0 Å². The van der Waals surface area contributed by atoms with Crippen LogP contribution in [0.15, 0.2) is 0 Å². The van der Waals surface area contributed by atoms with Gasteiger partial charge >= 0.3 is 0 Å². The molecule has 2 aliphatic carbocycles. The molecule has 5 heteroatoms. The summed E-state index contributed by atoms with van der Waals surface area (Å²) in [6.07, 6.45) is 5.43. The van der Waals surface area contributed by atoms with Crippen LogP contribution in [0.25, 0.3) is 0 Å². The number of hydrogen-bond donors (Lipinski definition) is 3. The van der Waals surface area contributed by atoms with Crippen LogP contribution in [0.2, 0.25) is 0 Å². The second-order valence-corrected chi connectivity index (χ2v) is 6.55. The Morgan fingerprint density at radius 1 is 1.05 bits per heavy atom. The van der Waals surface area contributed by atoms with E-state index in [4.69, 9.17) is 10.8 Å². The molecule has 0 aromatic carbocycles. The van der Waals surface area contributed by atoms with E-state index in [-0.39, 0.29) is 0 Å². The molecule has 2 aliphatic rings. The second kappa shape index (κ2) is 5.20. The zero-order chi connectivity index (χ0) is 14.3. The molecule has 2 saturated carbocycles. The van der Waals surface area contributed by atoms with E-state index in [1.807, 2.05) is 6.92 Å². The fourth-order valence-corrected chi connectivity index (χ4v) is 2.76. The van der Waals surface area contributed by atoms with Gasteiger partial charge in [0.1, 0.15) is 17.5 Å². The molecule has 3 rings (SSSR count). The summed E-state index contributed by atoms with van der Waals surface area (Å²) in [4.78, 5) is 9.21. The molecule has 0 amide bonds. The molecular weight excluding hydrogens is 250 g/mol. The lowest BCUT2D eigenvalue weighted by Gasteiger charge is -2.21. The van der Waals surface area contributed by atoms with Crippen molar-refractivity contribution in [3.05, 3.63) is 11.4 Å². The van der Waals surface area contributed by atoms with Crippen molar-refractivity contribution < 1.29 is 0 Å². The average Bonchev–Trinajstić information content (AvgIpc) is 3.28. The van der Waals surface area contributed by atoms with Crippen LogP contribution in [-0.2, 0) is 0 Å². The lowest BCUT2D eigenvalue weighted by molar-refractivity contribution is 0.564. The first kappa shape index (κ1) is 13.6. The van der Waals surface area contributed by atoms with Crippen LogP contribution in [-0.4, -0.2) is 16.0 Å². The normalized spacial score (nSPS) is 18.7. The van der Waals surface area contributed by atoms with E-state index in [0.717, 1.165) is 34.9 Å². The first-order valence-electron chi connectivity index (χ1n) is 7.71. The maximum Gasteiger partial charge on any atom is 0.148 e. The molecule has 0 unspecified atom stereocenters. The van der Waals surface area contributed by atoms with Crippen molar-refractivity contribution in [3.8, 4) is 0 Å². The first-order chi connectivity index (χ1) is 9.60. The van der Waals surface area contributed by atoms with Crippen molar-refractivity contribution in [2.75, 3.05) is 10.7 Å². The molecule has 4 N–H and O–H groups in total. The van der Waals surface area contributed by atoms with Gasteiger partial charge in [-0.3, -0.25) is 0 Å². The standard InChI is InChI=1S/C15H25N5/c1-8(2)13-18-14(9(3)15(19-13)20-16)17-12(10-4-5-10)11-6-7-11/h8,10-12H,4-7,16H2,1-3H3,(H2,17,18,19,20). The van der Waals surface area contributed by atoms with Gasteiger partial charge in [-0.15, -0.1) is 0 Å². The quantitative estimate of drug-likeness (QED) is 0.550. The molecule has 0 bridgehead atoms. The van der Waals surface area contributed by atoms with E-state index >= 15 is 0 Å². The fraction of sp³-hybridized carbons (Fsp3) is 0.733. The van der Waals surface area contributed by atoms with Crippen LogP contribution in [0.3, 0.4) is 0 Å². The van der Waals surface area contributed by atoms with Gasteiger partial charge in [-0.05, 0) is 44.4 Å². The highest BCUT2D eigenvalue weighted by Gasteiger charge is 2.41. The summed E-state index contributed by atoms with van der Waals surface area (Å²) in [6.45, 7) is 6.24. The Morgan fingerprint density at radius 3 is 2.05 bits per heavy atom. The van der Waals surface area contributed by atoms with Crippen molar-refractivity contribution in [1.82, 2.24) is 9.97 Å². The van der Waals surface area contributed by atoms with Crippen LogP contribution < -0.4 is 16.6 Å². The maximum atomic E-state index is 5.60. The van der Waals surface area contributed by atoms with E-state index in [2.05, 4.69) is 29.6 Å². The largest absolute Gasteiger partial charge is 0.366 e. The predicted molar refractivity (Wildman–Crippen MR) is 81.5 cm³/mol. The van der Waals surface area contributed by atoms with Gasteiger partial charge in [0, 0.05) is 17.5 Å². The summed E-state index contributed by atoms with van der Waals surface area (Å²) in [5.74, 6) is 10.1. The number of nitrogens with two attached hydrogens (primary N) is 1. The molecular formula is C15H25N5. The number of hydrogen-bond acceptors (Lipinski definition) is 5. The van der Waals surface area contributed by atoms with E-state index < -0.39 is 0 Å². The van der Waals surface area contributed by atoms with Gasteiger partial charge in [0.15, 0.2) is 0 Å². The second-order valence-electron chi connectivity index (χ2n) is 6.55. The minimum Gasteiger partial charge on any atom is -0.366 e. The van der Waals surface area contributed by atoms with Crippen molar-refractivity contribution in [2.24, 2.45) is 17.7 Å². The summed E-state index contributed by atoms with van der Waals surface area (Å²) >= 11 is 0. The van der Waals surface area contributed by atoms with Crippen molar-refractivity contribution in [3.63, 3.8) is 0 Å². The molecule has 1 heterocycles. The van der Waals surface area contributed by atoms with Gasteiger partial charge in [-0.1, -0.05) is 13.8 Å². The zero-order valence-corrected chi connectivity index (χ0v) is 12.6. The molecule has 0 saturated heterocycles. The molecule has 2 fully saturated rings. The van der Waals surface area contributed by atoms with E-state index in [0.29, 0.717) is 12.0 Å². The first-order valence-corrected chi connectivity index (χ1v) is 7.71. The van der Waals surface area contributed by atoms with E-state index in [1.165, 1.54) is 25.7 Å². The predicted octanol–water partition coefficient (Wildman–Crippen LogP) is 2.79. The lowest BCUT2D eigenvalue weighted by Crippen LogP contribution is -2.26. The molecule has 1 aromatic rings. The fourth-order valence-electron chi connectivity index (χ4n) is 2.76. The van der Waals surface area contributed by atoms with Crippen LogP contribution in [0, 0.1) is 18.8 Å². The van der Waals surface area contributed by atoms with Crippen LogP contribution in [0.1, 0.15) is 56.8 Å². The molecule has 110 valence electrons. The Hall–Kier alpha value is -1.36. The number of anilines is 2. The van der Waals surface area contributed by atoms with Gasteiger partial charge in [0.25, 0.3) is 0 Å². The smallest absolute Gasteiger partial charge is 0.148 e. The van der Waals surface area contributed by atoms with Crippen molar-refractivity contribution >= 4 is 11.6 Å². The Morgan fingerprint density at radius 2 is 1.60 bits per heavy atom. The van der Waals surface area contributed by atoms with E-state index in [1.54, 1.807) is 0 Å². The molecule has 0 spiro atoms. The van der Waals surface area contributed by atoms with Gasteiger partial charge in [-0.25, -0.2) is 15.8 Å². The summed E-state index contributed by atoms with van der Waals surface area (Å²) in [7, 11) is 0. The Bertz CT molecular complexity index is 479. The molecule has 1 aromatic heterocycles. The number of rotatable bonds is 6. The summed E-state index contributed by atoms with van der Waals surface area (Å²) in [5, 5.41) is 3.69. The van der Waals surface area contributed by atoms with Gasteiger partial charge in [-0.2, -0.15) is 0 Å². The Labute approximate surface area is 120 Å². The third kappa shape index (κ3) is 2.73. The highest BCUT2D eigenvalue weighted by molar-refractivity contribution is 5.57. The number of nitrogen functional groups attached to an aromatic ring is 1. The zero-order valence-electron chi connectivity index (χ0n) is 12.6. The van der Waals surface area contributed by atoms with Gasteiger partial charge in [0.2, 0.25) is 0 Å². The van der Waals surface area contributed by atoms with Crippen LogP contribution >= 0.6 is 0 Å². The van der Waals surface area contributed by atoms with Crippen molar-refractivity contribution in [1.29, 1.82) is 0 Å². The molecule has 5 nitrogen and oxygen atoms in total.